The Hall–Kier alpha value is -1.40. The molecule has 1 fully saturated rings. The fourth-order valence-electron chi connectivity index (χ4n) is 3.21. The van der Waals surface area contributed by atoms with Crippen LogP contribution in [-0.4, -0.2) is 34.0 Å². The molecule has 2 aromatic heterocycles. The van der Waals surface area contributed by atoms with Gasteiger partial charge in [0.2, 0.25) is 0 Å². The maximum Gasteiger partial charge on any atom is 0.139 e. The number of pyridine rings is 1. The van der Waals surface area contributed by atoms with Crippen LogP contribution in [0.5, 0.6) is 0 Å². The zero-order chi connectivity index (χ0) is 14.2. The van der Waals surface area contributed by atoms with Crippen LogP contribution in [-0.2, 0) is 4.74 Å². The number of aromatic nitrogens is 3. The van der Waals surface area contributed by atoms with Gasteiger partial charge in [0.1, 0.15) is 11.5 Å². The third-order valence-electron chi connectivity index (χ3n) is 4.23. The molecule has 5 nitrogen and oxygen atoms in total. The third-order valence-corrected chi connectivity index (χ3v) is 4.98. The second-order valence-electron chi connectivity index (χ2n) is 5.53. The predicted octanol–water partition coefficient (Wildman–Crippen LogP) is 3.24. The molecule has 6 heteroatoms. The van der Waals surface area contributed by atoms with Gasteiger partial charge in [0.05, 0.1) is 16.6 Å². The first-order valence-electron chi connectivity index (χ1n) is 7.38. The monoisotopic (exact) mass is 348 g/mol. The molecule has 0 bridgehead atoms. The average Bonchev–Trinajstić information content (AvgIpc) is 3.17. The molecular formula is C15H17BrN4O. The van der Waals surface area contributed by atoms with E-state index < -0.39 is 0 Å². The zero-order valence-electron chi connectivity index (χ0n) is 11.6. The Balaban J connectivity index is 1.76. The van der Waals surface area contributed by atoms with Gasteiger partial charge in [-0.15, -0.1) is 0 Å². The first-order chi connectivity index (χ1) is 10.3. The first kappa shape index (κ1) is 13.3. The predicted molar refractivity (Wildman–Crippen MR) is 84.3 cm³/mol. The number of nitrogens with zero attached hydrogens (tertiary/aromatic N) is 3. The largest absolute Gasteiger partial charge is 0.376 e. The first-order valence-corrected chi connectivity index (χ1v) is 8.18. The van der Waals surface area contributed by atoms with Crippen molar-refractivity contribution in [1.82, 2.24) is 14.8 Å². The molecular weight excluding hydrogens is 332 g/mol. The molecule has 4 rings (SSSR count). The Bertz CT molecular complexity index is 637. The van der Waals surface area contributed by atoms with Crippen LogP contribution < -0.4 is 5.32 Å². The lowest BCUT2D eigenvalue weighted by atomic mass is 10.0. The summed E-state index contributed by atoms with van der Waals surface area (Å²) < 4.78 is 9.00. The van der Waals surface area contributed by atoms with Gasteiger partial charge in [0.25, 0.3) is 0 Å². The number of anilines is 1. The molecule has 2 unspecified atom stereocenters. The molecule has 1 saturated heterocycles. The van der Waals surface area contributed by atoms with Gasteiger partial charge in [-0.2, -0.15) is 5.10 Å². The van der Waals surface area contributed by atoms with E-state index in [0.717, 1.165) is 54.0 Å². The average molecular weight is 349 g/mol. The second kappa shape index (κ2) is 5.42. The van der Waals surface area contributed by atoms with Crippen molar-refractivity contribution in [2.24, 2.45) is 0 Å². The van der Waals surface area contributed by atoms with E-state index >= 15 is 0 Å². The molecule has 0 amide bonds. The van der Waals surface area contributed by atoms with Crippen LogP contribution in [0.1, 0.15) is 25.3 Å². The highest BCUT2D eigenvalue weighted by Gasteiger charge is 2.33. The molecule has 2 aromatic rings. The van der Waals surface area contributed by atoms with E-state index in [4.69, 9.17) is 9.84 Å². The number of halogens is 1. The topological polar surface area (TPSA) is 52.0 Å². The summed E-state index contributed by atoms with van der Waals surface area (Å²) >= 11 is 3.70. The van der Waals surface area contributed by atoms with Crippen LogP contribution in [0, 0.1) is 0 Å². The number of hydrogen-bond acceptors (Lipinski definition) is 4. The van der Waals surface area contributed by atoms with Crippen molar-refractivity contribution in [1.29, 1.82) is 0 Å². The Morgan fingerprint density at radius 1 is 1.38 bits per heavy atom. The highest BCUT2D eigenvalue weighted by molar-refractivity contribution is 9.10. The van der Waals surface area contributed by atoms with E-state index in [1.165, 1.54) is 0 Å². The maximum absolute atomic E-state index is 5.89. The summed E-state index contributed by atoms with van der Waals surface area (Å²) in [7, 11) is 0. The van der Waals surface area contributed by atoms with Crippen LogP contribution in [0.4, 0.5) is 5.82 Å². The minimum absolute atomic E-state index is 0.291. The number of rotatable bonds is 2. The fraction of sp³-hybridized carbons (Fsp3) is 0.467. The van der Waals surface area contributed by atoms with Crippen LogP contribution in [0.25, 0.3) is 11.3 Å². The minimum atomic E-state index is 0.291. The normalized spacial score (nSPS) is 24.6. The molecule has 0 saturated carbocycles. The molecule has 110 valence electrons. The molecule has 21 heavy (non-hydrogen) atoms. The summed E-state index contributed by atoms with van der Waals surface area (Å²) in [6.45, 7) is 1.84. The summed E-state index contributed by atoms with van der Waals surface area (Å²) in [5, 5.41) is 8.29. The third kappa shape index (κ3) is 2.26. The van der Waals surface area contributed by atoms with Crippen LogP contribution >= 0.6 is 15.9 Å². The number of nitrogens with one attached hydrogen (secondary N) is 1. The van der Waals surface area contributed by atoms with E-state index in [0.29, 0.717) is 12.1 Å². The van der Waals surface area contributed by atoms with Gasteiger partial charge in [0, 0.05) is 31.1 Å². The van der Waals surface area contributed by atoms with Crippen molar-refractivity contribution in [2.45, 2.75) is 31.4 Å². The van der Waals surface area contributed by atoms with Gasteiger partial charge in [-0.3, -0.25) is 4.98 Å². The Kier molecular flexibility index (Phi) is 3.43. The molecule has 1 N–H and O–H groups in total. The summed E-state index contributed by atoms with van der Waals surface area (Å²) in [4.78, 5) is 4.19. The molecule has 0 aromatic carbocycles. The SMILES string of the molecule is Brc1c(-c2cccnc2)nn2c1NCCC2C1CCCO1. The lowest BCUT2D eigenvalue weighted by Gasteiger charge is -2.29. The smallest absolute Gasteiger partial charge is 0.139 e. The van der Waals surface area contributed by atoms with Crippen LogP contribution in [0.15, 0.2) is 29.0 Å². The second-order valence-corrected chi connectivity index (χ2v) is 6.32. The van der Waals surface area contributed by atoms with E-state index in [1.807, 2.05) is 18.3 Å². The lowest BCUT2D eigenvalue weighted by molar-refractivity contribution is 0.0592. The summed E-state index contributed by atoms with van der Waals surface area (Å²) in [5.41, 5.74) is 1.97. The summed E-state index contributed by atoms with van der Waals surface area (Å²) in [6.07, 6.45) is 7.25. The Labute approximate surface area is 131 Å². The van der Waals surface area contributed by atoms with Crippen molar-refractivity contribution in [3.63, 3.8) is 0 Å². The fourth-order valence-corrected chi connectivity index (χ4v) is 3.84. The van der Waals surface area contributed by atoms with Crippen LogP contribution in [0.2, 0.25) is 0 Å². The summed E-state index contributed by atoms with van der Waals surface area (Å²) in [6, 6.07) is 4.30. The quantitative estimate of drug-likeness (QED) is 0.904. The van der Waals surface area contributed by atoms with E-state index in [2.05, 4.69) is 30.9 Å². The minimum Gasteiger partial charge on any atom is -0.376 e. The molecule has 4 heterocycles. The molecule has 0 aliphatic carbocycles. The van der Waals surface area contributed by atoms with E-state index in [-0.39, 0.29) is 0 Å². The van der Waals surface area contributed by atoms with Gasteiger partial charge < -0.3 is 10.1 Å². The van der Waals surface area contributed by atoms with E-state index in [1.54, 1.807) is 6.20 Å². The molecule has 2 aliphatic rings. The number of hydrogen-bond donors (Lipinski definition) is 1. The molecule has 0 spiro atoms. The van der Waals surface area contributed by atoms with E-state index in [9.17, 15) is 0 Å². The zero-order valence-corrected chi connectivity index (χ0v) is 13.2. The van der Waals surface area contributed by atoms with Gasteiger partial charge in [0.15, 0.2) is 0 Å². The highest BCUT2D eigenvalue weighted by Crippen LogP contribution is 2.40. The summed E-state index contributed by atoms with van der Waals surface area (Å²) in [5.74, 6) is 1.06. The number of fused-ring (bicyclic) bond motifs is 1. The highest BCUT2D eigenvalue weighted by atomic mass is 79.9. The van der Waals surface area contributed by atoms with Gasteiger partial charge >= 0.3 is 0 Å². The van der Waals surface area contributed by atoms with Crippen molar-refractivity contribution >= 4 is 21.7 Å². The van der Waals surface area contributed by atoms with Crippen molar-refractivity contribution in [3.05, 3.63) is 29.0 Å². The molecule has 2 atom stereocenters. The molecule has 0 radical (unpaired) electrons. The standard InChI is InChI=1S/C15H17BrN4O/c16-13-14(10-3-1-6-17-9-10)19-20-11(5-7-18-15(13)20)12-4-2-8-21-12/h1,3,6,9,11-12,18H,2,4-5,7-8H2. The lowest BCUT2D eigenvalue weighted by Crippen LogP contribution is -2.31. The molecule has 2 aliphatic heterocycles. The Morgan fingerprint density at radius 3 is 3.10 bits per heavy atom. The van der Waals surface area contributed by atoms with Crippen molar-refractivity contribution in [2.75, 3.05) is 18.5 Å². The maximum atomic E-state index is 5.89. The van der Waals surface area contributed by atoms with Gasteiger partial charge in [-0.05, 0) is 47.3 Å². The van der Waals surface area contributed by atoms with Crippen molar-refractivity contribution in [3.8, 4) is 11.3 Å². The number of ether oxygens (including phenoxy) is 1. The van der Waals surface area contributed by atoms with Gasteiger partial charge in [-0.25, -0.2) is 4.68 Å². The Morgan fingerprint density at radius 2 is 2.33 bits per heavy atom. The van der Waals surface area contributed by atoms with Crippen molar-refractivity contribution < 1.29 is 4.74 Å². The van der Waals surface area contributed by atoms with Gasteiger partial charge in [-0.1, -0.05) is 0 Å². The van der Waals surface area contributed by atoms with Crippen LogP contribution in [0.3, 0.4) is 0 Å².